The molecule has 0 saturated carbocycles. The lowest BCUT2D eigenvalue weighted by Crippen LogP contribution is -2.21. The highest BCUT2D eigenvalue weighted by Crippen LogP contribution is 2.14. The number of methoxy groups -OCH3 is 1. The maximum atomic E-state index is 11.3. The standard InChI is InChI=1S/C9H8N4O5/c1-17-7-5-12(9(14)11-7)10-4-6-2-3-8(18-6)13(15)16/h2-4H,5H2,1H3/b10-4+. The molecule has 9 heteroatoms. The van der Waals surface area contributed by atoms with E-state index in [9.17, 15) is 14.9 Å². The van der Waals surface area contributed by atoms with Crippen LogP contribution in [0.1, 0.15) is 5.76 Å². The first-order valence-electron chi connectivity index (χ1n) is 4.81. The fourth-order valence-electron chi connectivity index (χ4n) is 1.23. The number of ether oxygens (including phenoxy) is 1. The molecular weight excluding hydrogens is 244 g/mol. The minimum absolute atomic E-state index is 0.120. The molecule has 1 aliphatic rings. The van der Waals surface area contributed by atoms with Crippen LogP contribution in [0, 0.1) is 10.1 Å². The number of hydrazone groups is 1. The van der Waals surface area contributed by atoms with Crippen molar-refractivity contribution in [1.29, 1.82) is 0 Å². The summed E-state index contributed by atoms with van der Waals surface area (Å²) in [7, 11) is 1.40. The van der Waals surface area contributed by atoms with Gasteiger partial charge in [0.2, 0.25) is 5.90 Å². The Hall–Kier alpha value is -2.71. The molecule has 1 aromatic rings. The molecule has 0 spiro atoms. The van der Waals surface area contributed by atoms with Gasteiger partial charge in [-0.1, -0.05) is 0 Å². The monoisotopic (exact) mass is 252 g/mol. The number of hydrogen-bond acceptors (Lipinski definition) is 6. The Morgan fingerprint density at radius 1 is 1.67 bits per heavy atom. The lowest BCUT2D eigenvalue weighted by molar-refractivity contribution is -0.402. The summed E-state index contributed by atoms with van der Waals surface area (Å²) >= 11 is 0. The van der Waals surface area contributed by atoms with Crippen LogP contribution in [-0.2, 0) is 4.74 Å². The quantitative estimate of drug-likeness (QED) is 0.452. The highest BCUT2D eigenvalue weighted by molar-refractivity contribution is 5.98. The summed E-state index contributed by atoms with van der Waals surface area (Å²) in [5.74, 6) is 0.0287. The van der Waals surface area contributed by atoms with E-state index >= 15 is 0 Å². The lowest BCUT2D eigenvalue weighted by atomic mass is 10.5. The summed E-state index contributed by atoms with van der Waals surface area (Å²) in [6, 6.07) is 2.01. The van der Waals surface area contributed by atoms with Crippen molar-refractivity contribution in [2.75, 3.05) is 13.7 Å². The maximum Gasteiger partial charge on any atom is 0.433 e. The number of aliphatic imine (C=N–C) groups is 1. The molecule has 18 heavy (non-hydrogen) atoms. The van der Waals surface area contributed by atoms with Gasteiger partial charge < -0.3 is 9.15 Å². The third-order valence-corrected chi connectivity index (χ3v) is 2.08. The molecule has 0 aliphatic carbocycles. The van der Waals surface area contributed by atoms with E-state index < -0.39 is 16.8 Å². The van der Waals surface area contributed by atoms with Crippen LogP contribution in [0.3, 0.4) is 0 Å². The highest BCUT2D eigenvalue weighted by Gasteiger charge is 2.23. The summed E-state index contributed by atoms with van der Waals surface area (Å²) in [6.07, 6.45) is 1.19. The molecule has 0 radical (unpaired) electrons. The number of rotatable bonds is 3. The number of hydrogen-bond donors (Lipinski definition) is 0. The van der Waals surface area contributed by atoms with Gasteiger partial charge in [-0.15, -0.1) is 0 Å². The zero-order valence-corrected chi connectivity index (χ0v) is 9.27. The average molecular weight is 252 g/mol. The summed E-state index contributed by atoms with van der Waals surface area (Å²) in [4.78, 5) is 24.6. The van der Waals surface area contributed by atoms with Crippen molar-refractivity contribution in [2.45, 2.75) is 0 Å². The minimum atomic E-state index is -0.662. The second-order valence-corrected chi connectivity index (χ2v) is 3.23. The number of nitrogens with zero attached hydrogens (tertiary/aromatic N) is 4. The highest BCUT2D eigenvalue weighted by atomic mass is 16.6. The molecule has 2 heterocycles. The van der Waals surface area contributed by atoms with Crippen LogP contribution >= 0.6 is 0 Å². The van der Waals surface area contributed by atoms with Gasteiger partial charge in [0.1, 0.15) is 11.5 Å². The molecule has 94 valence electrons. The molecule has 0 saturated heterocycles. The van der Waals surface area contributed by atoms with Crippen molar-refractivity contribution in [1.82, 2.24) is 5.01 Å². The van der Waals surface area contributed by atoms with Crippen molar-refractivity contribution in [3.63, 3.8) is 0 Å². The van der Waals surface area contributed by atoms with Gasteiger partial charge in [-0.3, -0.25) is 10.1 Å². The fraction of sp³-hybridized carbons (Fsp3) is 0.222. The molecule has 2 rings (SSSR count). The van der Waals surface area contributed by atoms with Crippen LogP contribution in [0.2, 0.25) is 0 Å². The van der Waals surface area contributed by atoms with Crippen LogP contribution in [0.4, 0.5) is 10.7 Å². The van der Waals surface area contributed by atoms with E-state index in [0.717, 1.165) is 5.01 Å². The van der Waals surface area contributed by atoms with Gasteiger partial charge in [0, 0.05) is 0 Å². The van der Waals surface area contributed by atoms with Gasteiger partial charge >= 0.3 is 11.9 Å². The smallest absolute Gasteiger partial charge is 0.433 e. The van der Waals surface area contributed by atoms with Crippen LogP contribution < -0.4 is 0 Å². The van der Waals surface area contributed by atoms with Gasteiger partial charge in [-0.25, -0.2) is 9.80 Å². The van der Waals surface area contributed by atoms with Crippen molar-refractivity contribution in [3.05, 3.63) is 28.0 Å². The van der Waals surface area contributed by atoms with Crippen molar-refractivity contribution in [2.24, 2.45) is 10.1 Å². The third-order valence-electron chi connectivity index (χ3n) is 2.08. The van der Waals surface area contributed by atoms with Crippen LogP contribution in [0.15, 0.2) is 26.6 Å². The molecule has 2 amide bonds. The van der Waals surface area contributed by atoms with Gasteiger partial charge in [0.25, 0.3) is 0 Å². The van der Waals surface area contributed by atoms with E-state index in [1.807, 2.05) is 0 Å². The predicted octanol–water partition coefficient (Wildman–Crippen LogP) is 1.00. The largest absolute Gasteiger partial charge is 0.483 e. The molecule has 0 N–H and O–H groups in total. The van der Waals surface area contributed by atoms with Crippen molar-refractivity contribution in [3.8, 4) is 0 Å². The molecule has 0 aromatic carbocycles. The summed E-state index contributed by atoms with van der Waals surface area (Å²) < 4.78 is 9.64. The zero-order valence-electron chi connectivity index (χ0n) is 9.27. The summed E-state index contributed by atoms with van der Waals surface area (Å²) in [5.41, 5.74) is 0. The molecular formula is C9H8N4O5. The predicted molar refractivity (Wildman–Crippen MR) is 59.5 cm³/mol. The number of carbonyl (C=O) groups excluding carboxylic acids is 1. The Balaban J connectivity index is 2.03. The normalized spacial score (nSPS) is 15.3. The Kier molecular flexibility index (Phi) is 3.04. The molecule has 0 atom stereocenters. The molecule has 0 fully saturated rings. The van der Waals surface area contributed by atoms with E-state index in [4.69, 9.17) is 9.15 Å². The third kappa shape index (κ3) is 2.34. The SMILES string of the molecule is COC1=NC(=O)N(/N=C/c2ccc([N+](=O)[O-])o2)C1. The number of furan rings is 1. The first-order chi connectivity index (χ1) is 8.60. The van der Waals surface area contributed by atoms with Crippen LogP contribution in [-0.4, -0.2) is 41.7 Å². The van der Waals surface area contributed by atoms with E-state index in [-0.39, 0.29) is 18.2 Å². The van der Waals surface area contributed by atoms with E-state index in [2.05, 4.69) is 10.1 Å². The number of nitro groups is 1. The Labute approximate surface area is 100 Å². The van der Waals surface area contributed by atoms with Gasteiger partial charge in [0.15, 0.2) is 5.76 Å². The summed E-state index contributed by atoms with van der Waals surface area (Å²) in [6.45, 7) is 0.120. The van der Waals surface area contributed by atoms with Gasteiger partial charge in [-0.2, -0.15) is 10.1 Å². The second kappa shape index (κ2) is 4.65. The van der Waals surface area contributed by atoms with Crippen molar-refractivity contribution >= 4 is 24.0 Å². The van der Waals surface area contributed by atoms with Crippen LogP contribution in [0.5, 0.6) is 0 Å². The first-order valence-corrected chi connectivity index (χ1v) is 4.81. The first kappa shape index (κ1) is 11.8. The van der Waals surface area contributed by atoms with E-state index in [1.54, 1.807) is 0 Å². The Morgan fingerprint density at radius 3 is 3.00 bits per heavy atom. The van der Waals surface area contributed by atoms with Gasteiger partial charge in [0.05, 0.1) is 19.4 Å². The average Bonchev–Trinajstić information content (AvgIpc) is 2.93. The Morgan fingerprint density at radius 2 is 2.44 bits per heavy atom. The molecule has 9 nitrogen and oxygen atoms in total. The maximum absolute atomic E-state index is 11.3. The van der Waals surface area contributed by atoms with Crippen molar-refractivity contribution < 1.29 is 18.9 Å². The second-order valence-electron chi connectivity index (χ2n) is 3.23. The van der Waals surface area contributed by atoms with Crippen LogP contribution in [0.25, 0.3) is 0 Å². The fourth-order valence-corrected chi connectivity index (χ4v) is 1.23. The lowest BCUT2D eigenvalue weighted by Gasteiger charge is -2.04. The van der Waals surface area contributed by atoms with E-state index in [1.165, 1.54) is 25.5 Å². The number of amides is 2. The Bertz CT molecular complexity index is 547. The summed E-state index contributed by atoms with van der Waals surface area (Å²) in [5, 5.41) is 15.2. The molecule has 0 bridgehead atoms. The van der Waals surface area contributed by atoms with Gasteiger partial charge in [-0.05, 0) is 6.07 Å². The molecule has 0 unspecified atom stereocenters. The van der Waals surface area contributed by atoms with E-state index in [0.29, 0.717) is 0 Å². The molecule has 1 aromatic heterocycles. The topological polar surface area (TPSA) is 111 Å². The number of urea groups is 1. The molecule has 1 aliphatic heterocycles. The zero-order chi connectivity index (χ0) is 13.1. The minimum Gasteiger partial charge on any atom is -0.483 e. The number of carbonyl (C=O) groups is 1.